The molecule has 2 atom stereocenters. The Morgan fingerprint density at radius 3 is 2.03 bits per heavy atom. The number of carboxylic acid groups (broad SMARTS) is 1. The molecule has 31 heavy (non-hydrogen) atoms. The van der Waals surface area contributed by atoms with Gasteiger partial charge in [-0.15, -0.1) is 0 Å². The number of anilines is 3. The molecule has 0 aromatic heterocycles. The molecule has 1 amide bonds. The van der Waals surface area contributed by atoms with Crippen molar-refractivity contribution in [3.05, 3.63) is 54.1 Å². The predicted molar refractivity (Wildman–Crippen MR) is 121 cm³/mol. The lowest BCUT2D eigenvalue weighted by Crippen LogP contribution is -2.47. The molecule has 164 valence electrons. The van der Waals surface area contributed by atoms with Crippen LogP contribution in [0.2, 0.25) is 0 Å². The molecule has 1 N–H and O–H groups in total. The molecule has 2 aromatic rings. The van der Waals surface area contributed by atoms with Gasteiger partial charge in [0, 0.05) is 49.7 Å². The van der Waals surface area contributed by atoms with E-state index in [9.17, 15) is 14.7 Å². The van der Waals surface area contributed by atoms with Gasteiger partial charge in [-0.25, -0.2) is 0 Å². The minimum atomic E-state index is -1.11. The molecular weight excluding hydrogens is 390 g/mol. The second-order valence-electron chi connectivity index (χ2n) is 8.58. The van der Waals surface area contributed by atoms with Crippen LogP contribution >= 0.6 is 0 Å². The fourth-order valence-electron chi connectivity index (χ4n) is 4.91. The van der Waals surface area contributed by atoms with Gasteiger partial charge in [0.2, 0.25) is 5.91 Å². The quantitative estimate of drug-likeness (QED) is 0.805. The SMILES string of the molecule is Cc1ccccc1N1CCN(c2ccccc2NC(=O)[C@H]2CCCC[C@H]2C(=O)[O-])CC1. The molecule has 1 aliphatic carbocycles. The second-order valence-corrected chi connectivity index (χ2v) is 8.58. The first-order chi connectivity index (χ1) is 15.0. The van der Waals surface area contributed by atoms with E-state index in [1.807, 2.05) is 24.3 Å². The highest BCUT2D eigenvalue weighted by Crippen LogP contribution is 2.33. The van der Waals surface area contributed by atoms with Gasteiger partial charge in [0.1, 0.15) is 0 Å². The van der Waals surface area contributed by atoms with E-state index in [1.54, 1.807) is 0 Å². The highest BCUT2D eigenvalue weighted by atomic mass is 16.4. The molecule has 0 unspecified atom stereocenters. The molecule has 1 saturated carbocycles. The van der Waals surface area contributed by atoms with Gasteiger partial charge in [0.15, 0.2) is 0 Å². The Bertz CT molecular complexity index is 937. The Morgan fingerprint density at radius 2 is 1.39 bits per heavy atom. The Morgan fingerprint density at radius 1 is 0.839 bits per heavy atom. The maximum Gasteiger partial charge on any atom is 0.228 e. The van der Waals surface area contributed by atoms with Crippen molar-refractivity contribution in [3.8, 4) is 0 Å². The van der Waals surface area contributed by atoms with Crippen LogP contribution in [-0.2, 0) is 9.59 Å². The lowest BCUT2D eigenvalue weighted by atomic mass is 9.78. The van der Waals surface area contributed by atoms with E-state index in [0.29, 0.717) is 12.8 Å². The number of rotatable bonds is 5. The van der Waals surface area contributed by atoms with Crippen molar-refractivity contribution in [1.82, 2.24) is 0 Å². The van der Waals surface area contributed by atoms with E-state index < -0.39 is 17.8 Å². The van der Waals surface area contributed by atoms with E-state index in [4.69, 9.17) is 0 Å². The smallest absolute Gasteiger partial charge is 0.228 e. The number of piperazine rings is 1. The number of carbonyl (C=O) groups is 2. The molecule has 2 aliphatic rings. The number of carboxylic acids is 1. The molecule has 6 nitrogen and oxygen atoms in total. The van der Waals surface area contributed by atoms with E-state index >= 15 is 0 Å². The molecule has 2 aromatic carbocycles. The van der Waals surface area contributed by atoms with E-state index in [1.165, 1.54) is 11.3 Å². The number of aryl methyl sites for hydroxylation is 1. The first kappa shape index (κ1) is 21.2. The third-order valence-corrected chi connectivity index (χ3v) is 6.64. The third kappa shape index (κ3) is 4.68. The third-order valence-electron chi connectivity index (χ3n) is 6.64. The van der Waals surface area contributed by atoms with E-state index in [-0.39, 0.29) is 5.91 Å². The summed E-state index contributed by atoms with van der Waals surface area (Å²) in [5.41, 5.74) is 4.29. The lowest BCUT2D eigenvalue weighted by molar-refractivity contribution is -0.313. The maximum atomic E-state index is 13.0. The zero-order valence-electron chi connectivity index (χ0n) is 18.0. The average molecular weight is 421 g/mol. The zero-order chi connectivity index (χ0) is 21.8. The van der Waals surface area contributed by atoms with Crippen molar-refractivity contribution < 1.29 is 14.7 Å². The van der Waals surface area contributed by atoms with Gasteiger partial charge in [-0.1, -0.05) is 43.2 Å². The van der Waals surface area contributed by atoms with Crippen molar-refractivity contribution in [2.75, 3.05) is 41.3 Å². The van der Waals surface area contributed by atoms with Crippen molar-refractivity contribution in [2.24, 2.45) is 11.8 Å². The summed E-state index contributed by atoms with van der Waals surface area (Å²) in [7, 11) is 0. The van der Waals surface area contributed by atoms with Crippen LogP contribution in [0.5, 0.6) is 0 Å². The Hall–Kier alpha value is -3.02. The molecule has 0 radical (unpaired) electrons. The van der Waals surface area contributed by atoms with Crippen molar-refractivity contribution >= 4 is 28.9 Å². The van der Waals surface area contributed by atoms with Crippen LogP contribution < -0.4 is 20.2 Å². The molecule has 0 bridgehead atoms. The Kier molecular flexibility index (Phi) is 6.44. The number of carbonyl (C=O) groups excluding carboxylic acids is 2. The first-order valence-corrected chi connectivity index (χ1v) is 11.2. The van der Waals surface area contributed by atoms with Gasteiger partial charge in [-0.2, -0.15) is 0 Å². The van der Waals surface area contributed by atoms with E-state index in [2.05, 4.69) is 46.3 Å². The fourth-order valence-corrected chi connectivity index (χ4v) is 4.91. The number of hydrogen-bond donors (Lipinski definition) is 1. The summed E-state index contributed by atoms with van der Waals surface area (Å²) in [5.74, 6) is -2.54. The lowest BCUT2D eigenvalue weighted by Gasteiger charge is -2.39. The van der Waals surface area contributed by atoms with Gasteiger partial charge in [-0.3, -0.25) is 4.79 Å². The molecule has 0 spiro atoms. The van der Waals surface area contributed by atoms with Gasteiger partial charge in [-0.05, 0) is 43.5 Å². The van der Waals surface area contributed by atoms with Crippen LogP contribution in [0.25, 0.3) is 0 Å². The second kappa shape index (κ2) is 9.41. The largest absolute Gasteiger partial charge is 0.550 e. The van der Waals surface area contributed by atoms with Crippen LogP contribution in [0, 0.1) is 18.8 Å². The number of nitrogens with zero attached hydrogens (tertiary/aromatic N) is 2. The molecular formula is C25H30N3O3-. The summed E-state index contributed by atoms with van der Waals surface area (Å²) in [5, 5.41) is 14.5. The van der Waals surface area contributed by atoms with Gasteiger partial charge < -0.3 is 25.0 Å². The molecule has 1 saturated heterocycles. The molecule has 6 heteroatoms. The van der Waals surface area contributed by atoms with Crippen LogP contribution in [0.1, 0.15) is 31.2 Å². The van der Waals surface area contributed by atoms with E-state index in [0.717, 1.165) is 50.4 Å². The Balaban J connectivity index is 1.45. The number of hydrogen-bond acceptors (Lipinski definition) is 5. The standard InChI is InChI=1S/C25H31N3O3/c1-18-8-2-6-12-22(18)27-14-16-28(17-15-27)23-13-7-5-11-21(23)26-24(29)19-9-3-4-10-20(19)25(30)31/h2,5-8,11-13,19-20H,3-4,9-10,14-17H2,1H3,(H,26,29)(H,30,31)/p-1/t19-,20+/m0/s1. The summed E-state index contributed by atoms with van der Waals surface area (Å²) in [4.78, 5) is 29.2. The summed E-state index contributed by atoms with van der Waals surface area (Å²) in [6.07, 6.45) is 2.83. The highest BCUT2D eigenvalue weighted by Gasteiger charge is 2.32. The first-order valence-electron chi connectivity index (χ1n) is 11.2. The zero-order valence-corrected chi connectivity index (χ0v) is 18.0. The summed E-state index contributed by atoms with van der Waals surface area (Å²) < 4.78 is 0. The summed E-state index contributed by atoms with van der Waals surface area (Å²) in [6, 6.07) is 16.2. The minimum Gasteiger partial charge on any atom is -0.550 e. The summed E-state index contributed by atoms with van der Waals surface area (Å²) >= 11 is 0. The normalized spacial score (nSPS) is 21.6. The maximum absolute atomic E-state index is 13.0. The Labute approximate surface area is 183 Å². The molecule has 2 fully saturated rings. The number of para-hydroxylation sites is 3. The van der Waals surface area contributed by atoms with Gasteiger partial charge >= 0.3 is 0 Å². The van der Waals surface area contributed by atoms with Crippen molar-refractivity contribution in [1.29, 1.82) is 0 Å². The van der Waals surface area contributed by atoms with Crippen molar-refractivity contribution in [3.63, 3.8) is 0 Å². The molecule has 1 heterocycles. The topological polar surface area (TPSA) is 75.7 Å². The van der Waals surface area contributed by atoms with Crippen LogP contribution in [0.3, 0.4) is 0 Å². The number of amides is 1. The van der Waals surface area contributed by atoms with Crippen LogP contribution in [0.15, 0.2) is 48.5 Å². The molecule has 4 rings (SSSR count). The van der Waals surface area contributed by atoms with Gasteiger partial charge in [0.05, 0.1) is 11.4 Å². The monoisotopic (exact) mass is 420 g/mol. The fraction of sp³-hybridized carbons (Fsp3) is 0.440. The summed E-state index contributed by atoms with van der Waals surface area (Å²) in [6.45, 7) is 5.65. The van der Waals surface area contributed by atoms with Crippen molar-refractivity contribution in [2.45, 2.75) is 32.6 Å². The predicted octanol–water partition coefficient (Wildman–Crippen LogP) is 2.82. The average Bonchev–Trinajstić information content (AvgIpc) is 2.80. The number of aliphatic carboxylic acids is 1. The number of benzene rings is 2. The van der Waals surface area contributed by atoms with Crippen LogP contribution in [-0.4, -0.2) is 38.1 Å². The van der Waals surface area contributed by atoms with Gasteiger partial charge in [0.25, 0.3) is 0 Å². The minimum absolute atomic E-state index is 0.208. The number of nitrogens with one attached hydrogen (secondary N) is 1. The highest BCUT2D eigenvalue weighted by molar-refractivity contribution is 5.97. The molecule has 1 aliphatic heterocycles. The van der Waals surface area contributed by atoms with Crippen LogP contribution in [0.4, 0.5) is 17.1 Å².